The third kappa shape index (κ3) is 5.64. The fourth-order valence-electron chi connectivity index (χ4n) is 2.74. The van der Waals surface area contributed by atoms with Crippen molar-refractivity contribution in [2.45, 2.75) is 20.8 Å². The highest BCUT2D eigenvalue weighted by Gasteiger charge is 2.27. The molecule has 31 heavy (non-hydrogen) atoms. The smallest absolute Gasteiger partial charge is 0.346 e. The zero-order valence-electron chi connectivity index (χ0n) is 17.5. The van der Waals surface area contributed by atoms with Crippen molar-refractivity contribution in [2.75, 3.05) is 18.5 Å². The monoisotopic (exact) mass is 442 g/mol. The van der Waals surface area contributed by atoms with E-state index in [0.717, 1.165) is 0 Å². The van der Waals surface area contributed by atoms with Crippen LogP contribution in [-0.2, 0) is 4.74 Å². The van der Waals surface area contributed by atoms with Crippen molar-refractivity contribution in [3.05, 3.63) is 64.7 Å². The van der Waals surface area contributed by atoms with Crippen LogP contribution in [-0.4, -0.2) is 30.2 Å². The zero-order valence-corrected chi connectivity index (χ0v) is 18.2. The molecule has 0 radical (unpaired) electrons. The van der Waals surface area contributed by atoms with Gasteiger partial charge in [-0.25, -0.2) is 4.79 Å². The van der Waals surface area contributed by atoms with Crippen LogP contribution in [0.5, 0.6) is 5.75 Å². The summed E-state index contributed by atoms with van der Waals surface area (Å²) in [5.41, 5.74) is 1.23. The maximum atomic E-state index is 12.8. The number of halogens is 1. The number of hydrogen-bond donors (Lipinski definition) is 1. The topological polar surface area (TPSA) is 90.7 Å². The van der Waals surface area contributed by atoms with Gasteiger partial charge in [0.2, 0.25) is 5.88 Å². The Kier molecular flexibility index (Phi) is 7.31. The molecule has 7 nitrogen and oxygen atoms in total. The highest BCUT2D eigenvalue weighted by molar-refractivity contribution is 6.30. The Morgan fingerprint density at radius 3 is 2.58 bits per heavy atom. The summed E-state index contributed by atoms with van der Waals surface area (Å²) >= 11 is 5.94. The molecule has 8 heteroatoms. The van der Waals surface area contributed by atoms with Crippen molar-refractivity contribution in [3.8, 4) is 17.0 Å². The molecule has 0 unspecified atom stereocenters. The number of nitrogens with zero attached hydrogens (tertiary/aromatic N) is 1. The first-order valence-electron chi connectivity index (χ1n) is 9.86. The maximum absolute atomic E-state index is 12.8. The van der Waals surface area contributed by atoms with E-state index in [-0.39, 0.29) is 23.7 Å². The summed E-state index contributed by atoms with van der Waals surface area (Å²) < 4.78 is 16.1. The second-order valence-electron chi connectivity index (χ2n) is 7.15. The van der Waals surface area contributed by atoms with Crippen molar-refractivity contribution >= 4 is 29.4 Å². The first-order chi connectivity index (χ1) is 14.9. The van der Waals surface area contributed by atoms with Gasteiger partial charge in [0, 0.05) is 16.1 Å². The van der Waals surface area contributed by atoms with Crippen molar-refractivity contribution in [2.24, 2.45) is 5.92 Å². The number of anilines is 1. The number of amides is 1. The van der Waals surface area contributed by atoms with Crippen LogP contribution in [0.3, 0.4) is 0 Å². The van der Waals surface area contributed by atoms with Crippen LogP contribution in [0, 0.1) is 5.92 Å². The number of hydrogen-bond acceptors (Lipinski definition) is 6. The first-order valence-corrected chi connectivity index (χ1v) is 10.2. The lowest BCUT2D eigenvalue weighted by atomic mass is 10.1. The van der Waals surface area contributed by atoms with Crippen LogP contribution in [0.4, 0.5) is 5.88 Å². The van der Waals surface area contributed by atoms with Gasteiger partial charge < -0.3 is 14.0 Å². The molecule has 0 fully saturated rings. The fraction of sp³-hybridized carbons (Fsp3) is 0.261. The lowest BCUT2D eigenvalue weighted by molar-refractivity contribution is 0.0528. The van der Waals surface area contributed by atoms with Gasteiger partial charge in [-0.3, -0.25) is 10.1 Å². The highest BCUT2D eigenvalue weighted by atomic mass is 35.5. The minimum absolute atomic E-state index is 0.0322. The lowest BCUT2D eigenvalue weighted by Gasteiger charge is -2.10. The minimum atomic E-state index is -0.655. The average Bonchev–Trinajstić information content (AvgIpc) is 3.16. The van der Waals surface area contributed by atoms with Crippen LogP contribution >= 0.6 is 11.6 Å². The molecule has 1 amide bonds. The van der Waals surface area contributed by atoms with E-state index < -0.39 is 11.9 Å². The van der Waals surface area contributed by atoms with Crippen molar-refractivity contribution in [1.82, 2.24) is 5.16 Å². The van der Waals surface area contributed by atoms with Crippen LogP contribution in [0.15, 0.2) is 53.1 Å². The van der Waals surface area contributed by atoms with Gasteiger partial charge in [0.05, 0.1) is 13.2 Å². The quantitative estimate of drug-likeness (QED) is 0.466. The van der Waals surface area contributed by atoms with Gasteiger partial charge in [-0.2, -0.15) is 0 Å². The number of carbonyl (C=O) groups is 2. The fourth-order valence-corrected chi connectivity index (χ4v) is 2.86. The van der Waals surface area contributed by atoms with Gasteiger partial charge in [-0.05, 0) is 43.2 Å². The van der Waals surface area contributed by atoms with E-state index in [1.165, 1.54) is 0 Å². The number of ether oxygens (including phenoxy) is 2. The molecule has 3 rings (SSSR count). The Morgan fingerprint density at radius 2 is 1.90 bits per heavy atom. The Bertz CT molecular complexity index is 1060. The van der Waals surface area contributed by atoms with E-state index in [2.05, 4.69) is 10.5 Å². The van der Waals surface area contributed by atoms with Gasteiger partial charge in [-0.1, -0.05) is 48.8 Å². The summed E-state index contributed by atoms with van der Waals surface area (Å²) in [4.78, 5) is 25.4. The first kappa shape index (κ1) is 22.4. The molecule has 0 saturated heterocycles. The maximum Gasteiger partial charge on any atom is 0.346 e. The standard InChI is InChI=1S/C23H23ClN2O5/c1-4-29-23(28)19-20(15-8-10-17(24)11-9-15)26-31-22(19)25-21(27)16-6-5-7-18(12-16)30-13-14(2)3/h5-12,14H,4,13H2,1-3H3,(H,25,27). The summed E-state index contributed by atoms with van der Waals surface area (Å²) in [6, 6.07) is 13.5. The van der Waals surface area contributed by atoms with E-state index in [1.807, 2.05) is 13.8 Å². The SMILES string of the molecule is CCOC(=O)c1c(-c2ccc(Cl)cc2)noc1NC(=O)c1cccc(OCC(C)C)c1. The van der Waals surface area contributed by atoms with Gasteiger partial charge in [0.15, 0.2) is 5.56 Å². The molecule has 0 aliphatic rings. The van der Waals surface area contributed by atoms with Crippen LogP contribution in [0.25, 0.3) is 11.3 Å². The molecule has 0 aliphatic carbocycles. The molecular formula is C23H23ClN2O5. The molecular weight excluding hydrogens is 420 g/mol. The summed E-state index contributed by atoms with van der Waals surface area (Å²) in [5, 5.41) is 7.12. The molecule has 1 heterocycles. The molecule has 0 saturated carbocycles. The summed E-state index contributed by atoms with van der Waals surface area (Å²) in [6.45, 7) is 6.46. The lowest BCUT2D eigenvalue weighted by Crippen LogP contribution is -2.15. The average molecular weight is 443 g/mol. The molecule has 0 bridgehead atoms. The summed E-state index contributed by atoms with van der Waals surface area (Å²) in [7, 11) is 0. The highest BCUT2D eigenvalue weighted by Crippen LogP contribution is 2.31. The van der Waals surface area contributed by atoms with Crippen molar-refractivity contribution < 1.29 is 23.6 Å². The Morgan fingerprint density at radius 1 is 1.16 bits per heavy atom. The number of carbonyl (C=O) groups excluding carboxylic acids is 2. The van der Waals surface area contributed by atoms with Crippen LogP contribution in [0.2, 0.25) is 5.02 Å². The van der Waals surface area contributed by atoms with Gasteiger partial charge >= 0.3 is 5.97 Å². The molecule has 162 valence electrons. The molecule has 0 aliphatic heterocycles. The normalized spacial score (nSPS) is 10.7. The molecule has 3 aromatic rings. The van der Waals surface area contributed by atoms with E-state index in [4.69, 9.17) is 25.6 Å². The summed E-state index contributed by atoms with van der Waals surface area (Å²) in [6.07, 6.45) is 0. The molecule has 0 spiro atoms. The van der Waals surface area contributed by atoms with Crippen molar-refractivity contribution in [3.63, 3.8) is 0 Å². The Labute approximate surface area is 185 Å². The largest absolute Gasteiger partial charge is 0.493 e. The van der Waals surface area contributed by atoms with E-state index >= 15 is 0 Å². The van der Waals surface area contributed by atoms with Crippen LogP contribution in [0.1, 0.15) is 41.5 Å². The second kappa shape index (κ2) is 10.1. The second-order valence-corrected chi connectivity index (χ2v) is 7.59. The van der Waals surface area contributed by atoms with Gasteiger partial charge in [0.1, 0.15) is 11.4 Å². The van der Waals surface area contributed by atoms with E-state index in [1.54, 1.807) is 55.5 Å². The number of aromatic nitrogens is 1. The molecule has 1 N–H and O–H groups in total. The summed E-state index contributed by atoms with van der Waals surface area (Å²) in [5.74, 6) is -0.296. The minimum Gasteiger partial charge on any atom is -0.493 e. The predicted molar refractivity (Wildman–Crippen MR) is 118 cm³/mol. The van der Waals surface area contributed by atoms with Gasteiger partial charge in [-0.15, -0.1) is 0 Å². The van der Waals surface area contributed by atoms with E-state index in [0.29, 0.717) is 34.4 Å². The molecule has 1 aromatic heterocycles. The predicted octanol–water partition coefficient (Wildman–Crippen LogP) is 5.46. The Balaban J connectivity index is 1.89. The Hall–Kier alpha value is -3.32. The molecule has 2 aromatic carbocycles. The van der Waals surface area contributed by atoms with E-state index in [9.17, 15) is 9.59 Å². The third-order valence-electron chi connectivity index (χ3n) is 4.20. The third-order valence-corrected chi connectivity index (χ3v) is 4.45. The number of nitrogens with one attached hydrogen (secondary N) is 1. The van der Waals surface area contributed by atoms with Gasteiger partial charge in [0.25, 0.3) is 5.91 Å². The number of esters is 1. The number of benzene rings is 2. The van der Waals surface area contributed by atoms with Crippen LogP contribution < -0.4 is 10.1 Å². The van der Waals surface area contributed by atoms with Crippen molar-refractivity contribution in [1.29, 1.82) is 0 Å². The zero-order chi connectivity index (χ0) is 22.4. The number of rotatable bonds is 8. The molecule has 0 atom stereocenters.